The number of hydrogen-bond acceptors (Lipinski definition) is 5. The van der Waals surface area contributed by atoms with E-state index >= 15 is 0 Å². The molecule has 1 amide bonds. The molecule has 0 aliphatic carbocycles. The van der Waals surface area contributed by atoms with Crippen molar-refractivity contribution in [3.05, 3.63) is 54.1 Å². The van der Waals surface area contributed by atoms with Crippen molar-refractivity contribution in [1.29, 1.82) is 0 Å². The van der Waals surface area contributed by atoms with Gasteiger partial charge in [0.1, 0.15) is 0 Å². The summed E-state index contributed by atoms with van der Waals surface area (Å²) in [6.07, 6.45) is 1.97. The predicted octanol–water partition coefficient (Wildman–Crippen LogP) is 3.86. The third kappa shape index (κ3) is 3.83. The number of hydrogen-bond donors (Lipinski definition) is 2. The van der Waals surface area contributed by atoms with E-state index in [1.165, 1.54) is 0 Å². The Kier molecular flexibility index (Phi) is 5.15. The molecule has 3 aromatic rings. The predicted molar refractivity (Wildman–Crippen MR) is 98.7 cm³/mol. The van der Waals surface area contributed by atoms with Crippen LogP contribution in [0.15, 0.2) is 53.4 Å². The molecule has 6 heteroatoms. The summed E-state index contributed by atoms with van der Waals surface area (Å²) in [5.41, 5.74) is 1.72. The fourth-order valence-electron chi connectivity index (χ4n) is 2.22. The highest BCUT2D eigenvalue weighted by Crippen LogP contribution is 2.25. The van der Waals surface area contributed by atoms with Gasteiger partial charge in [0.25, 0.3) is 5.91 Å². The number of carbonyl (C=O) groups excluding carboxylic acids is 1. The van der Waals surface area contributed by atoms with Crippen molar-refractivity contribution < 1.29 is 4.79 Å². The normalized spacial score (nSPS) is 10.7. The van der Waals surface area contributed by atoms with E-state index < -0.39 is 0 Å². The number of aromatic nitrogens is 1. The monoisotopic (exact) mass is 343 g/mol. The van der Waals surface area contributed by atoms with Gasteiger partial charge in [-0.15, -0.1) is 11.8 Å². The summed E-state index contributed by atoms with van der Waals surface area (Å²) < 4.78 is 1.16. The lowest BCUT2D eigenvalue weighted by atomic mass is 10.2. The molecule has 0 fully saturated rings. The summed E-state index contributed by atoms with van der Waals surface area (Å²) in [5, 5.41) is 7.08. The Labute approximate surface area is 143 Å². The Bertz CT molecular complexity index is 783. The molecule has 1 aromatic heterocycles. The number of nitrogens with zero attached hydrogens (tertiary/aromatic N) is 1. The van der Waals surface area contributed by atoms with Crippen molar-refractivity contribution in [1.82, 2.24) is 10.3 Å². The molecule has 0 aliphatic rings. The molecule has 118 valence electrons. The fourth-order valence-corrected chi connectivity index (χ4v) is 3.71. The number of nitrogens with one attached hydrogen (secondary N) is 2. The van der Waals surface area contributed by atoms with E-state index in [-0.39, 0.29) is 5.91 Å². The topological polar surface area (TPSA) is 54.0 Å². The Balaban J connectivity index is 1.52. The van der Waals surface area contributed by atoms with Gasteiger partial charge in [0.2, 0.25) is 0 Å². The number of carbonyl (C=O) groups is 1. The highest BCUT2D eigenvalue weighted by atomic mass is 32.2. The first-order valence-electron chi connectivity index (χ1n) is 7.28. The van der Waals surface area contributed by atoms with Gasteiger partial charge in [-0.2, -0.15) is 0 Å². The minimum absolute atomic E-state index is 0.0407. The van der Waals surface area contributed by atoms with Gasteiger partial charge in [0.15, 0.2) is 5.13 Å². The molecule has 3 rings (SSSR count). The van der Waals surface area contributed by atoms with Crippen LogP contribution in [0.5, 0.6) is 0 Å². The van der Waals surface area contributed by atoms with Crippen LogP contribution in [-0.4, -0.2) is 30.2 Å². The standard InChI is InChI=1S/C17H17N3OS2/c1-22-14-8-4-2-6-12(14)16(21)18-10-11-19-17-20-13-7-3-5-9-15(13)23-17/h2-9H,10-11H2,1H3,(H,18,21)(H,19,20). The third-order valence-corrected chi connectivity index (χ3v) is 5.12. The second kappa shape index (κ2) is 7.48. The lowest BCUT2D eigenvalue weighted by molar-refractivity contribution is 0.0952. The Morgan fingerprint density at radius 3 is 2.74 bits per heavy atom. The van der Waals surface area contributed by atoms with E-state index in [1.807, 2.05) is 48.7 Å². The van der Waals surface area contributed by atoms with Crippen LogP contribution in [0.2, 0.25) is 0 Å². The summed E-state index contributed by atoms with van der Waals surface area (Å²) in [4.78, 5) is 17.7. The van der Waals surface area contributed by atoms with Crippen molar-refractivity contribution in [3.8, 4) is 0 Å². The summed E-state index contributed by atoms with van der Waals surface area (Å²) >= 11 is 3.20. The molecule has 23 heavy (non-hydrogen) atoms. The highest BCUT2D eigenvalue weighted by molar-refractivity contribution is 7.98. The minimum Gasteiger partial charge on any atom is -0.360 e. The van der Waals surface area contributed by atoms with E-state index in [0.29, 0.717) is 13.1 Å². The zero-order chi connectivity index (χ0) is 16.1. The number of anilines is 1. The molecule has 2 N–H and O–H groups in total. The zero-order valence-electron chi connectivity index (χ0n) is 12.7. The fraction of sp³-hybridized carbons (Fsp3) is 0.176. The summed E-state index contributed by atoms with van der Waals surface area (Å²) in [6.45, 7) is 1.20. The van der Waals surface area contributed by atoms with Gasteiger partial charge in [-0.05, 0) is 30.5 Å². The molecule has 1 heterocycles. The maximum atomic E-state index is 12.2. The van der Waals surface area contributed by atoms with Crippen molar-refractivity contribution in [2.45, 2.75) is 4.90 Å². The summed E-state index contributed by atoms with van der Waals surface area (Å²) in [6, 6.07) is 15.7. The van der Waals surface area contributed by atoms with Gasteiger partial charge in [-0.3, -0.25) is 4.79 Å². The van der Waals surface area contributed by atoms with Crippen LogP contribution in [0.1, 0.15) is 10.4 Å². The second-order valence-corrected chi connectivity index (χ2v) is 6.75. The number of amides is 1. The smallest absolute Gasteiger partial charge is 0.252 e. The average molecular weight is 343 g/mol. The summed E-state index contributed by atoms with van der Waals surface area (Å²) in [7, 11) is 0. The maximum Gasteiger partial charge on any atom is 0.252 e. The van der Waals surface area contributed by atoms with E-state index in [9.17, 15) is 4.79 Å². The average Bonchev–Trinajstić information content (AvgIpc) is 3.01. The van der Waals surface area contributed by atoms with E-state index in [2.05, 4.69) is 21.7 Å². The Hall–Kier alpha value is -2.05. The summed E-state index contributed by atoms with van der Waals surface area (Å²) in [5.74, 6) is -0.0407. The van der Waals surface area contributed by atoms with Crippen molar-refractivity contribution in [3.63, 3.8) is 0 Å². The van der Waals surface area contributed by atoms with Crippen LogP contribution in [0.3, 0.4) is 0 Å². The first-order chi connectivity index (χ1) is 11.3. The molecule has 0 radical (unpaired) electrons. The maximum absolute atomic E-state index is 12.2. The third-order valence-electron chi connectivity index (χ3n) is 3.33. The molecule has 0 bridgehead atoms. The number of para-hydroxylation sites is 1. The number of benzene rings is 2. The number of fused-ring (bicyclic) bond motifs is 1. The molecular weight excluding hydrogens is 326 g/mol. The minimum atomic E-state index is -0.0407. The zero-order valence-corrected chi connectivity index (χ0v) is 14.3. The SMILES string of the molecule is CSc1ccccc1C(=O)NCCNc1nc2ccccc2s1. The van der Waals surface area contributed by atoms with E-state index in [1.54, 1.807) is 23.1 Å². The van der Waals surface area contributed by atoms with Gasteiger partial charge < -0.3 is 10.6 Å². The molecule has 0 spiro atoms. The second-order valence-electron chi connectivity index (χ2n) is 4.87. The van der Waals surface area contributed by atoms with Gasteiger partial charge in [0.05, 0.1) is 15.8 Å². The Morgan fingerprint density at radius 1 is 1.13 bits per heavy atom. The van der Waals surface area contributed by atoms with Crippen molar-refractivity contribution >= 4 is 44.4 Å². The van der Waals surface area contributed by atoms with E-state index in [4.69, 9.17) is 0 Å². The first-order valence-corrected chi connectivity index (χ1v) is 9.33. The molecule has 0 unspecified atom stereocenters. The first kappa shape index (κ1) is 15.8. The van der Waals surface area contributed by atoms with Crippen LogP contribution in [0.4, 0.5) is 5.13 Å². The molecular formula is C17H17N3OS2. The number of rotatable bonds is 6. The quantitative estimate of drug-likeness (QED) is 0.527. The van der Waals surface area contributed by atoms with Gasteiger partial charge in [0, 0.05) is 18.0 Å². The van der Waals surface area contributed by atoms with Crippen LogP contribution in [0, 0.1) is 0 Å². The van der Waals surface area contributed by atoms with Gasteiger partial charge in [-0.25, -0.2) is 4.98 Å². The largest absolute Gasteiger partial charge is 0.360 e. The Morgan fingerprint density at radius 2 is 1.91 bits per heavy atom. The van der Waals surface area contributed by atoms with Gasteiger partial charge >= 0.3 is 0 Å². The lowest BCUT2D eigenvalue weighted by Gasteiger charge is -2.08. The molecule has 2 aromatic carbocycles. The lowest BCUT2D eigenvalue weighted by Crippen LogP contribution is -2.29. The van der Waals surface area contributed by atoms with Crippen molar-refractivity contribution in [2.75, 3.05) is 24.7 Å². The molecule has 4 nitrogen and oxygen atoms in total. The molecule has 0 atom stereocenters. The number of thioether (sulfide) groups is 1. The van der Waals surface area contributed by atoms with Crippen molar-refractivity contribution in [2.24, 2.45) is 0 Å². The van der Waals surface area contributed by atoms with Gasteiger partial charge in [-0.1, -0.05) is 35.6 Å². The van der Waals surface area contributed by atoms with Crippen LogP contribution in [-0.2, 0) is 0 Å². The molecule has 0 aliphatic heterocycles. The van der Waals surface area contributed by atoms with Crippen LogP contribution >= 0.6 is 23.1 Å². The molecule has 0 saturated carbocycles. The molecule has 0 saturated heterocycles. The highest BCUT2D eigenvalue weighted by Gasteiger charge is 2.09. The van der Waals surface area contributed by atoms with Crippen LogP contribution < -0.4 is 10.6 Å². The van der Waals surface area contributed by atoms with Crippen LogP contribution in [0.25, 0.3) is 10.2 Å². The number of thiazole rings is 1. The van der Waals surface area contributed by atoms with E-state index in [0.717, 1.165) is 25.8 Å².